The molecule has 2 rings (SSSR count). The fourth-order valence-corrected chi connectivity index (χ4v) is 2.35. The van der Waals surface area contributed by atoms with Crippen molar-refractivity contribution < 1.29 is 0 Å². The second kappa shape index (κ2) is 7.55. The van der Waals surface area contributed by atoms with Gasteiger partial charge in [0.05, 0.1) is 17.9 Å². The summed E-state index contributed by atoms with van der Waals surface area (Å²) < 4.78 is 2.99. The van der Waals surface area contributed by atoms with Crippen molar-refractivity contribution in [3.63, 3.8) is 0 Å². The molecule has 1 unspecified atom stereocenters. The molecule has 0 bridgehead atoms. The highest BCUT2D eigenvalue weighted by Crippen LogP contribution is 2.21. The number of hydrogen-bond acceptors (Lipinski definition) is 3. The average molecular weight is 337 g/mol. The number of rotatable bonds is 7. The Labute approximate surface area is 128 Å². The van der Waals surface area contributed by atoms with E-state index in [-0.39, 0.29) is 6.04 Å². The zero-order valence-corrected chi connectivity index (χ0v) is 13.6. The Morgan fingerprint density at radius 2 is 2.10 bits per heavy atom. The molecule has 2 aromatic rings. The van der Waals surface area contributed by atoms with Gasteiger partial charge in [-0.05, 0) is 47.4 Å². The van der Waals surface area contributed by atoms with Crippen LogP contribution in [0.4, 0.5) is 0 Å². The van der Waals surface area contributed by atoms with Crippen molar-refractivity contribution in [3.05, 3.63) is 46.5 Å². The monoisotopic (exact) mass is 336 g/mol. The van der Waals surface area contributed by atoms with Crippen LogP contribution in [-0.2, 0) is 6.54 Å². The van der Waals surface area contributed by atoms with E-state index in [1.807, 2.05) is 23.1 Å². The van der Waals surface area contributed by atoms with Gasteiger partial charge in [-0.25, -0.2) is 0 Å². The van der Waals surface area contributed by atoms with Gasteiger partial charge in [0.15, 0.2) is 0 Å². The minimum atomic E-state index is 0.105. The van der Waals surface area contributed by atoms with Gasteiger partial charge in [0.2, 0.25) is 0 Å². The Kier molecular flexibility index (Phi) is 5.73. The summed E-state index contributed by atoms with van der Waals surface area (Å²) in [5.74, 6) is 0. The summed E-state index contributed by atoms with van der Waals surface area (Å²) in [5, 5.41) is 7.96. The lowest BCUT2D eigenvalue weighted by Crippen LogP contribution is -2.23. The Morgan fingerprint density at radius 3 is 2.75 bits per heavy atom. The van der Waals surface area contributed by atoms with E-state index < -0.39 is 0 Å². The lowest BCUT2D eigenvalue weighted by molar-refractivity contribution is 0.580. The summed E-state index contributed by atoms with van der Waals surface area (Å²) in [7, 11) is 0. The van der Waals surface area contributed by atoms with E-state index in [0.717, 1.165) is 36.1 Å². The minimum Gasteiger partial charge on any atom is -0.305 e. The van der Waals surface area contributed by atoms with Crippen molar-refractivity contribution in [3.8, 4) is 0 Å². The molecule has 0 aromatic carbocycles. The molecule has 2 heterocycles. The van der Waals surface area contributed by atoms with E-state index in [1.54, 1.807) is 0 Å². The highest BCUT2D eigenvalue weighted by atomic mass is 79.9. The van der Waals surface area contributed by atoms with Gasteiger partial charge < -0.3 is 5.32 Å². The molecule has 1 N–H and O–H groups in total. The molecule has 108 valence electrons. The van der Waals surface area contributed by atoms with Crippen molar-refractivity contribution >= 4 is 15.9 Å². The lowest BCUT2D eigenvalue weighted by Gasteiger charge is -2.16. The van der Waals surface area contributed by atoms with Crippen molar-refractivity contribution in [1.29, 1.82) is 0 Å². The predicted octanol–water partition coefficient (Wildman–Crippen LogP) is 3.54. The van der Waals surface area contributed by atoms with Crippen LogP contribution in [0.5, 0.6) is 0 Å². The fourth-order valence-electron chi connectivity index (χ4n) is 2.12. The van der Waals surface area contributed by atoms with Gasteiger partial charge in [0, 0.05) is 29.0 Å². The molecule has 0 spiro atoms. The molecular weight excluding hydrogens is 316 g/mol. The first-order chi connectivity index (χ1) is 9.74. The summed E-state index contributed by atoms with van der Waals surface area (Å²) in [4.78, 5) is 4.52. The van der Waals surface area contributed by atoms with Crippen LogP contribution < -0.4 is 5.32 Å². The molecule has 0 radical (unpaired) electrons. The van der Waals surface area contributed by atoms with E-state index in [2.05, 4.69) is 57.4 Å². The Hall–Kier alpha value is -1.20. The van der Waals surface area contributed by atoms with Crippen LogP contribution in [0, 0.1) is 0 Å². The first-order valence-corrected chi connectivity index (χ1v) is 7.91. The normalized spacial score (nSPS) is 12.6. The molecule has 0 saturated heterocycles. The second-order valence-corrected chi connectivity index (χ2v) is 5.74. The lowest BCUT2D eigenvalue weighted by atomic mass is 10.1. The molecule has 1 atom stereocenters. The number of aryl methyl sites for hydroxylation is 1. The van der Waals surface area contributed by atoms with Crippen LogP contribution in [0.1, 0.15) is 44.0 Å². The summed E-state index contributed by atoms with van der Waals surface area (Å²) in [6.45, 7) is 6.24. The molecule has 2 aromatic heterocycles. The molecule has 0 saturated carbocycles. The van der Waals surface area contributed by atoms with Crippen LogP contribution in [0.2, 0.25) is 0 Å². The van der Waals surface area contributed by atoms with Crippen LogP contribution in [-0.4, -0.2) is 21.3 Å². The standard InChI is InChI=1S/C15H21BrN4/c1-3-7-17-15(14-6-5-13(16)10-18-14)12-9-19-20(11-12)8-4-2/h5-6,9-11,15,17H,3-4,7-8H2,1-2H3. The van der Waals surface area contributed by atoms with Crippen molar-refractivity contribution in [2.24, 2.45) is 0 Å². The number of nitrogens with zero attached hydrogens (tertiary/aromatic N) is 3. The van der Waals surface area contributed by atoms with Crippen molar-refractivity contribution in [1.82, 2.24) is 20.1 Å². The molecule has 0 aliphatic heterocycles. The Bertz CT molecular complexity index is 521. The summed E-state index contributed by atoms with van der Waals surface area (Å²) in [6.07, 6.45) is 8.07. The average Bonchev–Trinajstić information content (AvgIpc) is 2.90. The van der Waals surface area contributed by atoms with Gasteiger partial charge in [-0.15, -0.1) is 0 Å². The molecule has 0 aliphatic carbocycles. The van der Waals surface area contributed by atoms with Gasteiger partial charge in [-0.2, -0.15) is 5.10 Å². The zero-order valence-electron chi connectivity index (χ0n) is 12.0. The van der Waals surface area contributed by atoms with Crippen LogP contribution >= 0.6 is 15.9 Å². The summed E-state index contributed by atoms with van der Waals surface area (Å²) >= 11 is 3.43. The van der Waals surface area contributed by atoms with Gasteiger partial charge in [-0.3, -0.25) is 9.67 Å². The van der Waals surface area contributed by atoms with E-state index in [9.17, 15) is 0 Å². The number of pyridine rings is 1. The SMILES string of the molecule is CCCNC(c1cnn(CCC)c1)c1ccc(Br)cn1. The third-order valence-electron chi connectivity index (χ3n) is 3.08. The quantitative estimate of drug-likeness (QED) is 0.840. The number of hydrogen-bond donors (Lipinski definition) is 1. The fraction of sp³-hybridized carbons (Fsp3) is 0.467. The van der Waals surface area contributed by atoms with Gasteiger partial charge in [0.1, 0.15) is 0 Å². The van der Waals surface area contributed by atoms with Crippen molar-refractivity contribution in [2.75, 3.05) is 6.54 Å². The molecule has 0 aliphatic rings. The predicted molar refractivity (Wildman–Crippen MR) is 84.6 cm³/mol. The van der Waals surface area contributed by atoms with E-state index >= 15 is 0 Å². The molecule has 4 nitrogen and oxygen atoms in total. The maximum Gasteiger partial charge on any atom is 0.0782 e. The number of nitrogens with one attached hydrogen (secondary N) is 1. The van der Waals surface area contributed by atoms with Crippen LogP contribution in [0.25, 0.3) is 0 Å². The largest absolute Gasteiger partial charge is 0.305 e. The third-order valence-corrected chi connectivity index (χ3v) is 3.55. The van der Waals surface area contributed by atoms with Crippen LogP contribution in [0.3, 0.4) is 0 Å². The van der Waals surface area contributed by atoms with E-state index in [0.29, 0.717) is 0 Å². The molecular formula is C15H21BrN4. The summed E-state index contributed by atoms with van der Waals surface area (Å²) in [6, 6.07) is 4.18. The maximum atomic E-state index is 4.52. The maximum absolute atomic E-state index is 4.52. The zero-order chi connectivity index (χ0) is 14.4. The van der Waals surface area contributed by atoms with Gasteiger partial charge in [-0.1, -0.05) is 13.8 Å². The smallest absolute Gasteiger partial charge is 0.0782 e. The summed E-state index contributed by atoms with van der Waals surface area (Å²) in [5.41, 5.74) is 2.19. The molecule has 0 amide bonds. The van der Waals surface area contributed by atoms with Crippen LogP contribution in [0.15, 0.2) is 35.2 Å². The van der Waals surface area contributed by atoms with E-state index in [4.69, 9.17) is 0 Å². The molecule has 5 heteroatoms. The topological polar surface area (TPSA) is 42.7 Å². The Morgan fingerprint density at radius 1 is 1.25 bits per heavy atom. The van der Waals surface area contributed by atoms with E-state index in [1.165, 1.54) is 5.56 Å². The molecule has 20 heavy (non-hydrogen) atoms. The first kappa shape index (κ1) is 15.2. The van der Waals surface area contributed by atoms with Crippen molar-refractivity contribution in [2.45, 2.75) is 39.3 Å². The highest BCUT2D eigenvalue weighted by Gasteiger charge is 2.16. The van der Waals surface area contributed by atoms with Gasteiger partial charge in [0.25, 0.3) is 0 Å². The highest BCUT2D eigenvalue weighted by molar-refractivity contribution is 9.10. The first-order valence-electron chi connectivity index (χ1n) is 7.11. The second-order valence-electron chi connectivity index (χ2n) is 4.83. The van der Waals surface area contributed by atoms with Gasteiger partial charge >= 0.3 is 0 Å². The minimum absolute atomic E-state index is 0.105. The number of aromatic nitrogens is 3. The molecule has 0 fully saturated rings. The number of halogens is 1. The third kappa shape index (κ3) is 3.90. The Balaban J connectivity index is 2.23.